The molecule has 126 valence electrons. The molecular weight excluding hydrogens is 302 g/mol. The van der Waals surface area contributed by atoms with Gasteiger partial charge in [-0.2, -0.15) is 5.10 Å². The minimum atomic E-state index is 0.174. The van der Waals surface area contributed by atoms with Crippen molar-refractivity contribution in [3.63, 3.8) is 0 Å². The van der Waals surface area contributed by atoms with E-state index in [-0.39, 0.29) is 6.10 Å². The molecule has 3 heterocycles. The second-order valence-corrected chi connectivity index (χ2v) is 6.54. The molecule has 4 rings (SSSR count). The van der Waals surface area contributed by atoms with Crippen molar-refractivity contribution in [2.75, 3.05) is 19.7 Å². The van der Waals surface area contributed by atoms with Crippen LogP contribution in [0.4, 0.5) is 0 Å². The Morgan fingerprint density at radius 1 is 1.29 bits per heavy atom. The van der Waals surface area contributed by atoms with Crippen molar-refractivity contribution in [1.29, 1.82) is 0 Å². The largest absolute Gasteiger partial charge is 0.374 e. The summed E-state index contributed by atoms with van der Waals surface area (Å²) < 4.78 is 10.1. The second kappa shape index (κ2) is 6.37. The lowest BCUT2D eigenvalue weighted by atomic mass is 10.2. The SMILES string of the molecule is Cc1cnn(C[C@H]2CN(Cc3nc4ccccc4n3C)CCO2)c1. The summed E-state index contributed by atoms with van der Waals surface area (Å²) in [5.41, 5.74) is 3.43. The van der Waals surface area contributed by atoms with Crippen molar-refractivity contribution in [1.82, 2.24) is 24.2 Å². The maximum atomic E-state index is 5.92. The normalized spacial score (nSPS) is 19.2. The molecule has 0 aliphatic carbocycles. The molecule has 2 aromatic heterocycles. The van der Waals surface area contributed by atoms with E-state index in [1.54, 1.807) is 0 Å². The number of fused-ring (bicyclic) bond motifs is 1. The highest BCUT2D eigenvalue weighted by molar-refractivity contribution is 5.75. The van der Waals surface area contributed by atoms with Crippen LogP contribution in [0, 0.1) is 6.92 Å². The zero-order chi connectivity index (χ0) is 16.5. The fraction of sp³-hybridized carbons (Fsp3) is 0.444. The summed E-state index contributed by atoms with van der Waals surface area (Å²) in [7, 11) is 2.09. The Balaban J connectivity index is 1.44. The van der Waals surface area contributed by atoms with Gasteiger partial charge in [-0.25, -0.2) is 4.98 Å². The molecule has 0 amide bonds. The van der Waals surface area contributed by atoms with Gasteiger partial charge >= 0.3 is 0 Å². The quantitative estimate of drug-likeness (QED) is 0.736. The minimum Gasteiger partial charge on any atom is -0.374 e. The van der Waals surface area contributed by atoms with Gasteiger partial charge in [-0.1, -0.05) is 12.1 Å². The van der Waals surface area contributed by atoms with Crippen molar-refractivity contribution in [2.45, 2.75) is 26.1 Å². The summed E-state index contributed by atoms with van der Waals surface area (Å²) in [6, 6.07) is 8.29. The Kier molecular flexibility index (Phi) is 4.08. The molecular formula is C18H23N5O. The topological polar surface area (TPSA) is 48.1 Å². The van der Waals surface area contributed by atoms with Crippen LogP contribution in [0.3, 0.4) is 0 Å². The zero-order valence-electron chi connectivity index (χ0n) is 14.2. The van der Waals surface area contributed by atoms with Crippen LogP contribution < -0.4 is 0 Å². The van der Waals surface area contributed by atoms with Crippen LogP contribution in [-0.4, -0.2) is 50.0 Å². The van der Waals surface area contributed by atoms with Gasteiger partial charge in [0.15, 0.2) is 0 Å². The molecule has 0 bridgehead atoms. The fourth-order valence-electron chi connectivity index (χ4n) is 3.35. The van der Waals surface area contributed by atoms with E-state index in [4.69, 9.17) is 9.72 Å². The Morgan fingerprint density at radius 2 is 2.17 bits per heavy atom. The van der Waals surface area contributed by atoms with E-state index in [1.165, 1.54) is 11.1 Å². The van der Waals surface area contributed by atoms with E-state index in [1.807, 2.05) is 16.9 Å². The van der Waals surface area contributed by atoms with Crippen LogP contribution in [0.25, 0.3) is 11.0 Å². The predicted molar refractivity (Wildman–Crippen MR) is 92.7 cm³/mol. The van der Waals surface area contributed by atoms with Gasteiger partial charge in [0, 0.05) is 26.3 Å². The molecule has 1 aromatic carbocycles. The lowest BCUT2D eigenvalue weighted by molar-refractivity contribution is -0.0410. The number of benzene rings is 1. The van der Waals surface area contributed by atoms with E-state index in [2.05, 4.69) is 52.9 Å². The molecule has 0 spiro atoms. The van der Waals surface area contributed by atoms with Crippen LogP contribution in [0.15, 0.2) is 36.7 Å². The van der Waals surface area contributed by atoms with Crippen molar-refractivity contribution in [2.24, 2.45) is 7.05 Å². The molecule has 0 radical (unpaired) electrons. The molecule has 1 saturated heterocycles. The van der Waals surface area contributed by atoms with E-state index < -0.39 is 0 Å². The highest BCUT2D eigenvalue weighted by Gasteiger charge is 2.22. The van der Waals surface area contributed by atoms with Gasteiger partial charge in [0.2, 0.25) is 0 Å². The summed E-state index contributed by atoms with van der Waals surface area (Å²) in [5, 5.41) is 4.36. The monoisotopic (exact) mass is 325 g/mol. The molecule has 1 fully saturated rings. The number of ether oxygens (including phenoxy) is 1. The summed E-state index contributed by atoms with van der Waals surface area (Å²) in [6.45, 7) is 6.31. The summed E-state index contributed by atoms with van der Waals surface area (Å²) >= 11 is 0. The lowest BCUT2D eigenvalue weighted by Crippen LogP contribution is -2.44. The summed E-state index contributed by atoms with van der Waals surface area (Å²) in [6.07, 6.45) is 4.13. The van der Waals surface area contributed by atoms with Gasteiger partial charge in [-0.05, 0) is 24.6 Å². The molecule has 3 aromatic rings. The maximum Gasteiger partial charge on any atom is 0.123 e. The first kappa shape index (κ1) is 15.4. The number of aromatic nitrogens is 4. The first-order chi connectivity index (χ1) is 11.7. The third-order valence-electron chi connectivity index (χ3n) is 4.62. The number of nitrogens with zero attached hydrogens (tertiary/aromatic N) is 5. The van der Waals surface area contributed by atoms with Crippen molar-refractivity contribution in [3.8, 4) is 0 Å². The average Bonchev–Trinajstić information content (AvgIpc) is 3.12. The molecule has 1 atom stereocenters. The summed E-state index contributed by atoms with van der Waals surface area (Å²) in [4.78, 5) is 7.20. The Hall–Kier alpha value is -2.18. The van der Waals surface area contributed by atoms with Crippen molar-refractivity contribution in [3.05, 3.63) is 48.0 Å². The van der Waals surface area contributed by atoms with Gasteiger partial charge in [0.1, 0.15) is 5.82 Å². The van der Waals surface area contributed by atoms with Gasteiger partial charge in [0.05, 0.1) is 43.0 Å². The highest BCUT2D eigenvalue weighted by atomic mass is 16.5. The maximum absolute atomic E-state index is 5.92. The molecule has 1 aliphatic rings. The number of imidazole rings is 1. The number of para-hydroxylation sites is 2. The van der Waals surface area contributed by atoms with Gasteiger partial charge in [0.25, 0.3) is 0 Å². The first-order valence-electron chi connectivity index (χ1n) is 8.42. The highest BCUT2D eigenvalue weighted by Crippen LogP contribution is 2.17. The number of aryl methyl sites for hydroxylation is 2. The number of rotatable bonds is 4. The minimum absolute atomic E-state index is 0.174. The second-order valence-electron chi connectivity index (χ2n) is 6.54. The molecule has 6 nitrogen and oxygen atoms in total. The van der Waals surface area contributed by atoms with Crippen LogP contribution in [0.1, 0.15) is 11.4 Å². The average molecular weight is 325 g/mol. The Labute approximate surface area is 141 Å². The smallest absolute Gasteiger partial charge is 0.123 e. The third-order valence-corrected chi connectivity index (χ3v) is 4.62. The van der Waals surface area contributed by atoms with Crippen LogP contribution >= 0.6 is 0 Å². The number of morpholine rings is 1. The predicted octanol–water partition coefficient (Wildman–Crippen LogP) is 1.98. The molecule has 0 N–H and O–H groups in total. The molecule has 0 saturated carbocycles. The van der Waals surface area contributed by atoms with Crippen LogP contribution in [0.2, 0.25) is 0 Å². The molecule has 24 heavy (non-hydrogen) atoms. The zero-order valence-corrected chi connectivity index (χ0v) is 14.2. The number of hydrogen-bond acceptors (Lipinski definition) is 4. The number of hydrogen-bond donors (Lipinski definition) is 0. The van der Waals surface area contributed by atoms with Gasteiger partial charge in [-0.15, -0.1) is 0 Å². The first-order valence-corrected chi connectivity index (χ1v) is 8.42. The third kappa shape index (κ3) is 3.07. The Bertz CT molecular complexity index is 837. The lowest BCUT2D eigenvalue weighted by Gasteiger charge is -2.32. The standard InChI is InChI=1S/C18H23N5O/c1-14-9-19-23(10-14)12-15-11-22(7-8-24-15)13-18-20-16-5-3-4-6-17(16)21(18)2/h3-6,9-10,15H,7-8,11-13H2,1-2H3/t15-/m1/s1. The van der Waals surface area contributed by atoms with Gasteiger partial charge in [-0.3, -0.25) is 9.58 Å². The molecule has 0 unspecified atom stereocenters. The van der Waals surface area contributed by atoms with E-state index >= 15 is 0 Å². The van der Waals surface area contributed by atoms with Crippen LogP contribution in [-0.2, 0) is 24.9 Å². The molecule has 6 heteroatoms. The van der Waals surface area contributed by atoms with Gasteiger partial charge < -0.3 is 9.30 Å². The van der Waals surface area contributed by atoms with Crippen LogP contribution in [0.5, 0.6) is 0 Å². The van der Waals surface area contributed by atoms with Crippen molar-refractivity contribution >= 4 is 11.0 Å². The van der Waals surface area contributed by atoms with E-state index in [9.17, 15) is 0 Å². The van der Waals surface area contributed by atoms with Crippen molar-refractivity contribution < 1.29 is 4.74 Å². The van der Waals surface area contributed by atoms with E-state index in [0.717, 1.165) is 44.1 Å². The molecule has 1 aliphatic heterocycles. The fourth-order valence-corrected chi connectivity index (χ4v) is 3.35. The Morgan fingerprint density at radius 3 is 2.96 bits per heavy atom. The summed E-state index contributed by atoms with van der Waals surface area (Å²) in [5.74, 6) is 1.10. The van der Waals surface area contributed by atoms with E-state index in [0.29, 0.717) is 0 Å².